The minimum Gasteiger partial charge on any atom is -0.478 e. The molecule has 0 fully saturated rings. The number of carbonyl (C=O) groups is 2. The van der Waals surface area contributed by atoms with E-state index < -0.39 is 11.9 Å². The van der Waals surface area contributed by atoms with Crippen molar-refractivity contribution in [3.63, 3.8) is 0 Å². The molecule has 4 nitrogen and oxygen atoms in total. The zero-order valence-corrected chi connectivity index (χ0v) is 13.9. The van der Waals surface area contributed by atoms with Crippen LogP contribution in [-0.4, -0.2) is 22.2 Å². The normalized spacial score (nSPS) is 11.3. The first kappa shape index (κ1) is 17.7. The summed E-state index contributed by atoms with van der Waals surface area (Å²) in [7, 11) is 0. The highest BCUT2D eigenvalue weighted by molar-refractivity contribution is 7.12. The molecule has 21 heavy (non-hydrogen) atoms. The highest BCUT2D eigenvalue weighted by Crippen LogP contribution is 2.32. The Hall–Kier alpha value is -1.36. The largest absolute Gasteiger partial charge is 0.478 e. The van der Waals surface area contributed by atoms with Crippen molar-refractivity contribution >= 4 is 23.3 Å². The maximum Gasteiger partial charge on any atom is 0.337 e. The summed E-state index contributed by atoms with van der Waals surface area (Å²) in [6, 6.07) is 0. The second kappa shape index (κ2) is 7.59. The third-order valence-electron chi connectivity index (χ3n) is 3.38. The zero-order chi connectivity index (χ0) is 16.2. The summed E-state index contributed by atoms with van der Waals surface area (Å²) in [5, 5.41) is 18.8. The smallest absolute Gasteiger partial charge is 0.337 e. The second-order valence-electron chi connectivity index (χ2n) is 6.17. The van der Waals surface area contributed by atoms with Gasteiger partial charge in [0.2, 0.25) is 0 Å². The molecule has 1 rings (SSSR count). The van der Waals surface area contributed by atoms with Gasteiger partial charge >= 0.3 is 11.9 Å². The fraction of sp³-hybridized carbons (Fsp3) is 0.625. The molecule has 0 atom stereocenters. The van der Waals surface area contributed by atoms with Crippen LogP contribution in [0.4, 0.5) is 0 Å². The highest BCUT2D eigenvalue weighted by atomic mass is 32.1. The summed E-state index contributed by atoms with van der Waals surface area (Å²) in [5.74, 6) is -1.33. The number of carboxylic acids is 2. The van der Waals surface area contributed by atoms with Crippen LogP contribution >= 0.6 is 11.3 Å². The molecule has 118 valence electrons. The van der Waals surface area contributed by atoms with E-state index in [9.17, 15) is 19.8 Å². The van der Waals surface area contributed by atoms with Gasteiger partial charge in [0.15, 0.2) is 0 Å². The van der Waals surface area contributed by atoms with E-state index in [1.165, 1.54) is 11.3 Å². The summed E-state index contributed by atoms with van der Waals surface area (Å²) in [5.41, 5.74) is 0.0128. The number of hydrogen-bond donors (Lipinski definition) is 2. The molecule has 0 spiro atoms. The fourth-order valence-corrected chi connectivity index (χ4v) is 3.49. The third kappa shape index (κ3) is 4.84. The first-order valence-electron chi connectivity index (χ1n) is 7.35. The van der Waals surface area contributed by atoms with Gasteiger partial charge in [0.25, 0.3) is 0 Å². The van der Waals surface area contributed by atoms with Crippen molar-refractivity contribution in [1.29, 1.82) is 0 Å². The molecule has 1 aromatic heterocycles. The Kier molecular flexibility index (Phi) is 6.40. The average Bonchev–Trinajstić information content (AvgIpc) is 2.72. The molecule has 0 aliphatic carbocycles. The van der Waals surface area contributed by atoms with Crippen molar-refractivity contribution in [2.75, 3.05) is 0 Å². The van der Waals surface area contributed by atoms with E-state index in [2.05, 4.69) is 27.7 Å². The average molecular weight is 312 g/mol. The van der Waals surface area contributed by atoms with Gasteiger partial charge in [-0.25, -0.2) is 9.59 Å². The molecule has 0 bridgehead atoms. The van der Waals surface area contributed by atoms with Crippen LogP contribution in [0.1, 0.15) is 71.0 Å². The maximum atomic E-state index is 11.5. The van der Waals surface area contributed by atoms with Gasteiger partial charge < -0.3 is 10.2 Å². The monoisotopic (exact) mass is 312 g/mol. The van der Waals surface area contributed by atoms with E-state index >= 15 is 0 Å². The van der Waals surface area contributed by atoms with Gasteiger partial charge in [0, 0.05) is 9.75 Å². The van der Waals surface area contributed by atoms with Crippen LogP contribution in [0.2, 0.25) is 0 Å². The lowest BCUT2D eigenvalue weighted by Gasteiger charge is -2.04. The quantitative estimate of drug-likeness (QED) is 0.749. The van der Waals surface area contributed by atoms with E-state index in [1.54, 1.807) is 0 Å². The molecule has 1 heterocycles. The highest BCUT2D eigenvalue weighted by Gasteiger charge is 2.27. The molecular weight excluding hydrogens is 288 g/mol. The topological polar surface area (TPSA) is 74.6 Å². The van der Waals surface area contributed by atoms with Crippen LogP contribution < -0.4 is 0 Å². The minimum atomic E-state index is -1.13. The number of thiophene rings is 1. The Balaban J connectivity index is 3.20. The van der Waals surface area contributed by atoms with E-state index in [1.807, 2.05) is 0 Å². The molecule has 0 saturated carbocycles. The number of rotatable bonds is 8. The standard InChI is InChI=1S/C16H24O4S/c1-9(2)5-7-11-13(15(17)18)14(16(19)20)12(21-11)8-6-10(3)4/h9-10H,5-8H2,1-4H3,(H,17,18)(H,19,20). The van der Waals surface area contributed by atoms with Crippen LogP contribution in [0, 0.1) is 11.8 Å². The Labute approximate surface area is 129 Å². The maximum absolute atomic E-state index is 11.5. The third-order valence-corrected chi connectivity index (χ3v) is 4.69. The van der Waals surface area contributed by atoms with Crippen molar-refractivity contribution in [2.45, 2.75) is 53.4 Å². The number of hydrogen-bond acceptors (Lipinski definition) is 3. The number of aromatic carboxylic acids is 2. The molecule has 0 saturated heterocycles. The first-order chi connectivity index (χ1) is 9.73. The van der Waals surface area contributed by atoms with Crippen LogP contribution in [0.15, 0.2) is 0 Å². The number of aryl methyl sites for hydroxylation is 2. The van der Waals surface area contributed by atoms with Crippen molar-refractivity contribution in [3.05, 3.63) is 20.9 Å². The summed E-state index contributed by atoms with van der Waals surface area (Å²) < 4.78 is 0. The van der Waals surface area contributed by atoms with Gasteiger partial charge in [-0.15, -0.1) is 11.3 Å². The Morgan fingerprint density at radius 3 is 1.43 bits per heavy atom. The molecule has 0 aliphatic heterocycles. The first-order valence-corrected chi connectivity index (χ1v) is 8.16. The van der Waals surface area contributed by atoms with Gasteiger partial charge in [0.05, 0.1) is 11.1 Å². The van der Waals surface area contributed by atoms with Crippen LogP contribution in [0.25, 0.3) is 0 Å². The van der Waals surface area contributed by atoms with Crippen molar-refractivity contribution in [1.82, 2.24) is 0 Å². The zero-order valence-electron chi connectivity index (χ0n) is 13.1. The van der Waals surface area contributed by atoms with E-state index in [4.69, 9.17) is 0 Å². The lowest BCUT2D eigenvalue weighted by Crippen LogP contribution is -2.09. The summed E-state index contributed by atoms with van der Waals surface area (Å²) >= 11 is 1.37. The van der Waals surface area contributed by atoms with Crippen LogP contribution in [0.5, 0.6) is 0 Å². The minimum absolute atomic E-state index is 0.00639. The van der Waals surface area contributed by atoms with E-state index in [0.29, 0.717) is 34.4 Å². The molecule has 5 heteroatoms. The van der Waals surface area contributed by atoms with Crippen LogP contribution in [0.3, 0.4) is 0 Å². The fourth-order valence-electron chi connectivity index (χ4n) is 2.17. The SMILES string of the molecule is CC(C)CCc1sc(CCC(C)C)c(C(=O)O)c1C(=O)O. The van der Waals surface area contributed by atoms with E-state index in [0.717, 1.165) is 12.8 Å². The number of carboxylic acid groups (broad SMARTS) is 2. The summed E-state index contributed by atoms with van der Waals surface area (Å²) in [6.07, 6.45) is 2.99. The lowest BCUT2D eigenvalue weighted by molar-refractivity contribution is 0.0651. The van der Waals surface area contributed by atoms with Crippen molar-refractivity contribution in [2.24, 2.45) is 11.8 Å². The van der Waals surface area contributed by atoms with Gasteiger partial charge in [-0.3, -0.25) is 0 Å². The predicted molar refractivity (Wildman–Crippen MR) is 84.6 cm³/mol. The molecule has 0 amide bonds. The predicted octanol–water partition coefficient (Wildman–Crippen LogP) is 4.32. The summed E-state index contributed by atoms with van der Waals surface area (Å²) in [6.45, 7) is 8.30. The van der Waals surface area contributed by atoms with Gasteiger partial charge in [-0.05, 0) is 37.5 Å². The molecule has 2 N–H and O–H groups in total. The Bertz CT molecular complexity index is 470. The van der Waals surface area contributed by atoms with Gasteiger partial charge in [-0.2, -0.15) is 0 Å². The van der Waals surface area contributed by atoms with E-state index in [-0.39, 0.29) is 11.1 Å². The van der Waals surface area contributed by atoms with Gasteiger partial charge in [-0.1, -0.05) is 27.7 Å². The molecule has 0 unspecified atom stereocenters. The molecule has 0 aromatic carbocycles. The van der Waals surface area contributed by atoms with Crippen molar-refractivity contribution in [3.8, 4) is 0 Å². The van der Waals surface area contributed by atoms with Gasteiger partial charge in [0.1, 0.15) is 0 Å². The molecule has 1 aromatic rings. The molecular formula is C16H24O4S. The lowest BCUT2D eigenvalue weighted by atomic mass is 10.00. The Morgan fingerprint density at radius 2 is 1.19 bits per heavy atom. The van der Waals surface area contributed by atoms with Crippen molar-refractivity contribution < 1.29 is 19.8 Å². The van der Waals surface area contributed by atoms with Crippen LogP contribution in [-0.2, 0) is 12.8 Å². The Morgan fingerprint density at radius 1 is 0.857 bits per heavy atom. The molecule has 0 radical (unpaired) electrons. The second-order valence-corrected chi connectivity index (χ2v) is 7.36. The summed E-state index contributed by atoms with van der Waals surface area (Å²) in [4.78, 5) is 24.4. The molecule has 0 aliphatic rings.